The Morgan fingerprint density at radius 1 is 1.29 bits per heavy atom. The lowest BCUT2D eigenvalue weighted by Gasteiger charge is -2.33. The van der Waals surface area contributed by atoms with Gasteiger partial charge in [0.15, 0.2) is 0 Å². The maximum atomic E-state index is 13.1. The molecule has 0 aliphatic carbocycles. The third kappa shape index (κ3) is 4.07. The van der Waals surface area contributed by atoms with E-state index >= 15 is 0 Å². The van der Waals surface area contributed by atoms with Crippen molar-refractivity contribution in [3.63, 3.8) is 0 Å². The Hall–Kier alpha value is -2.05. The zero-order chi connectivity index (χ0) is 17.9. The molecule has 0 radical (unpaired) electrons. The Morgan fingerprint density at radius 3 is 2.58 bits per heavy atom. The van der Waals surface area contributed by atoms with E-state index in [9.17, 15) is 27.9 Å². The molecule has 0 bridgehead atoms. The Bertz CT molecular complexity index is 615. The molecule has 1 aliphatic heterocycles. The Morgan fingerprint density at radius 2 is 1.96 bits per heavy atom. The number of hydrogen-bond acceptors (Lipinski definition) is 2. The van der Waals surface area contributed by atoms with Crippen molar-refractivity contribution in [3.05, 3.63) is 35.4 Å². The van der Waals surface area contributed by atoms with Gasteiger partial charge in [-0.15, -0.1) is 0 Å². The number of carboxylic acid groups (broad SMARTS) is 1. The first kappa shape index (κ1) is 18.3. The summed E-state index contributed by atoms with van der Waals surface area (Å²) in [5.74, 6) is -2.12. The predicted molar refractivity (Wildman–Crippen MR) is 81.5 cm³/mol. The molecule has 2 atom stereocenters. The first-order valence-corrected chi connectivity index (χ1v) is 7.90. The fourth-order valence-electron chi connectivity index (χ4n) is 3.16. The van der Waals surface area contributed by atoms with Crippen LogP contribution < -0.4 is 0 Å². The Balaban J connectivity index is 2.16. The molecule has 132 valence electrons. The number of carbonyl (C=O) groups excluding carboxylic acids is 1. The Kier molecular flexibility index (Phi) is 5.51. The van der Waals surface area contributed by atoms with Crippen molar-refractivity contribution in [1.29, 1.82) is 0 Å². The minimum Gasteiger partial charge on any atom is -0.480 e. The zero-order valence-electron chi connectivity index (χ0n) is 13.3. The van der Waals surface area contributed by atoms with E-state index in [0.29, 0.717) is 19.4 Å². The molecule has 1 aromatic carbocycles. The molecule has 4 nitrogen and oxygen atoms in total. The summed E-state index contributed by atoms with van der Waals surface area (Å²) >= 11 is 0. The van der Waals surface area contributed by atoms with E-state index in [1.54, 1.807) is 6.92 Å². The normalized spacial score (nSPS) is 19.8. The summed E-state index contributed by atoms with van der Waals surface area (Å²) in [4.78, 5) is 25.0. The van der Waals surface area contributed by atoms with E-state index in [0.717, 1.165) is 12.5 Å². The van der Waals surface area contributed by atoms with Crippen LogP contribution in [0.1, 0.15) is 49.7 Å². The summed E-state index contributed by atoms with van der Waals surface area (Å²) in [6.45, 7) is 1.89. The van der Waals surface area contributed by atoms with Gasteiger partial charge >= 0.3 is 12.1 Å². The second-order valence-electron chi connectivity index (χ2n) is 6.13. The van der Waals surface area contributed by atoms with E-state index in [1.807, 2.05) is 0 Å². The monoisotopic (exact) mass is 343 g/mol. The van der Waals surface area contributed by atoms with Crippen molar-refractivity contribution in [2.45, 2.75) is 50.7 Å². The highest BCUT2D eigenvalue weighted by atomic mass is 19.4. The van der Waals surface area contributed by atoms with Crippen molar-refractivity contribution in [1.82, 2.24) is 4.90 Å². The average molecular weight is 343 g/mol. The summed E-state index contributed by atoms with van der Waals surface area (Å²) < 4.78 is 39.3. The molecule has 2 rings (SSSR count). The molecule has 0 saturated carbocycles. The number of hydrogen-bond donors (Lipinski definition) is 1. The number of carbonyl (C=O) groups is 2. The van der Waals surface area contributed by atoms with Crippen LogP contribution in [0.2, 0.25) is 0 Å². The first-order chi connectivity index (χ1) is 11.2. The summed E-state index contributed by atoms with van der Waals surface area (Å²) in [6, 6.07) is 4.30. The molecule has 24 heavy (non-hydrogen) atoms. The average Bonchev–Trinajstić information content (AvgIpc) is 2.53. The molecule has 1 amide bonds. The van der Waals surface area contributed by atoms with Crippen molar-refractivity contribution in [2.75, 3.05) is 6.54 Å². The number of rotatable bonds is 4. The molecule has 1 N–H and O–H groups in total. The van der Waals surface area contributed by atoms with Crippen LogP contribution in [0, 0.1) is 0 Å². The van der Waals surface area contributed by atoms with Crippen molar-refractivity contribution in [2.24, 2.45) is 0 Å². The van der Waals surface area contributed by atoms with Gasteiger partial charge in [0.25, 0.3) is 0 Å². The minimum atomic E-state index is -4.48. The number of amides is 1. The third-order valence-electron chi connectivity index (χ3n) is 4.39. The number of halogens is 3. The lowest BCUT2D eigenvalue weighted by Crippen LogP contribution is -2.48. The number of aliphatic carboxylic acids is 1. The molecular formula is C17H20F3NO3. The molecular weight excluding hydrogens is 323 g/mol. The highest BCUT2D eigenvalue weighted by molar-refractivity contribution is 5.84. The van der Waals surface area contributed by atoms with E-state index in [-0.39, 0.29) is 12.0 Å². The van der Waals surface area contributed by atoms with Gasteiger partial charge in [0, 0.05) is 13.0 Å². The van der Waals surface area contributed by atoms with E-state index in [2.05, 4.69) is 0 Å². The van der Waals surface area contributed by atoms with Gasteiger partial charge in [-0.2, -0.15) is 13.2 Å². The van der Waals surface area contributed by atoms with Crippen LogP contribution in [-0.2, 0) is 15.8 Å². The number of nitrogens with zero attached hydrogens (tertiary/aromatic N) is 1. The summed E-state index contributed by atoms with van der Waals surface area (Å²) in [5.41, 5.74) is -0.694. The van der Waals surface area contributed by atoms with Gasteiger partial charge in [-0.05, 0) is 36.8 Å². The lowest BCUT2D eigenvalue weighted by atomic mass is 9.91. The molecule has 1 unspecified atom stereocenters. The fourth-order valence-corrected chi connectivity index (χ4v) is 3.16. The first-order valence-electron chi connectivity index (χ1n) is 7.90. The standard InChI is InChI=1S/C17H20F3NO3/c1-11(12-6-2-3-7-13(12)17(18,19)20)10-15(22)21-9-5-4-8-14(21)16(23)24/h2-3,6-7,11,14H,4-5,8-10H2,1H3,(H,23,24)/t11?,14-/m1/s1. The number of carboxylic acids is 1. The van der Waals surface area contributed by atoms with Crippen LogP contribution in [0.25, 0.3) is 0 Å². The SMILES string of the molecule is CC(CC(=O)N1CCCC[C@@H]1C(=O)O)c1ccccc1C(F)(F)F. The minimum absolute atomic E-state index is 0.0576. The van der Waals surface area contributed by atoms with Gasteiger partial charge in [-0.3, -0.25) is 4.79 Å². The molecule has 1 aromatic rings. The lowest BCUT2D eigenvalue weighted by molar-refractivity contribution is -0.152. The highest BCUT2D eigenvalue weighted by Crippen LogP contribution is 2.36. The second-order valence-corrected chi connectivity index (χ2v) is 6.13. The van der Waals surface area contributed by atoms with Gasteiger partial charge in [0.05, 0.1) is 5.56 Å². The molecule has 1 aliphatic rings. The Labute approximate surface area is 138 Å². The van der Waals surface area contributed by atoms with Crippen LogP contribution in [0.4, 0.5) is 13.2 Å². The van der Waals surface area contributed by atoms with Gasteiger partial charge in [0.1, 0.15) is 6.04 Å². The van der Waals surface area contributed by atoms with Gasteiger partial charge < -0.3 is 10.0 Å². The highest BCUT2D eigenvalue weighted by Gasteiger charge is 2.36. The summed E-state index contributed by atoms with van der Waals surface area (Å²) in [7, 11) is 0. The van der Waals surface area contributed by atoms with Crippen LogP contribution in [0.3, 0.4) is 0 Å². The number of piperidine rings is 1. The number of alkyl halides is 3. The van der Waals surface area contributed by atoms with Crippen LogP contribution in [0.15, 0.2) is 24.3 Å². The largest absolute Gasteiger partial charge is 0.480 e. The maximum Gasteiger partial charge on any atom is 0.416 e. The number of benzene rings is 1. The third-order valence-corrected chi connectivity index (χ3v) is 4.39. The van der Waals surface area contributed by atoms with Crippen LogP contribution >= 0.6 is 0 Å². The van der Waals surface area contributed by atoms with Crippen molar-refractivity contribution < 1.29 is 27.9 Å². The molecule has 1 heterocycles. The van der Waals surface area contributed by atoms with Crippen molar-refractivity contribution in [3.8, 4) is 0 Å². The molecule has 1 fully saturated rings. The second kappa shape index (κ2) is 7.23. The summed E-state index contributed by atoms with van der Waals surface area (Å²) in [5, 5.41) is 9.22. The van der Waals surface area contributed by atoms with Crippen molar-refractivity contribution >= 4 is 11.9 Å². The van der Waals surface area contributed by atoms with E-state index < -0.39 is 35.6 Å². The van der Waals surface area contributed by atoms with Crippen LogP contribution in [0.5, 0.6) is 0 Å². The van der Waals surface area contributed by atoms with Crippen LogP contribution in [-0.4, -0.2) is 34.5 Å². The predicted octanol–water partition coefficient (Wildman–Crippen LogP) is 3.66. The molecule has 0 spiro atoms. The van der Waals surface area contributed by atoms with Gasteiger partial charge in [-0.1, -0.05) is 25.1 Å². The van der Waals surface area contributed by atoms with Gasteiger partial charge in [0.2, 0.25) is 5.91 Å². The molecule has 0 aromatic heterocycles. The topological polar surface area (TPSA) is 57.6 Å². The number of likely N-dealkylation sites (tertiary alicyclic amines) is 1. The quantitative estimate of drug-likeness (QED) is 0.908. The smallest absolute Gasteiger partial charge is 0.416 e. The zero-order valence-corrected chi connectivity index (χ0v) is 13.3. The summed E-state index contributed by atoms with van der Waals surface area (Å²) in [6.07, 6.45) is -2.80. The maximum absolute atomic E-state index is 13.1. The molecule has 1 saturated heterocycles. The van der Waals surface area contributed by atoms with Gasteiger partial charge in [-0.25, -0.2) is 4.79 Å². The van der Waals surface area contributed by atoms with E-state index in [4.69, 9.17) is 0 Å². The van der Waals surface area contributed by atoms with E-state index in [1.165, 1.54) is 23.1 Å². The fraction of sp³-hybridized carbons (Fsp3) is 0.529. The molecule has 7 heteroatoms.